The molecule has 0 spiro atoms. The predicted molar refractivity (Wildman–Crippen MR) is 73.5 cm³/mol. The zero-order chi connectivity index (χ0) is 14.8. The largest absolute Gasteiger partial charge is 0.481 e. The molecule has 1 aliphatic heterocycles. The number of amides is 1. The average Bonchev–Trinajstić information content (AvgIpc) is 2.92. The molecule has 0 saturated carbocycles. The Morgan fingerprint density at radius 1 is 1.50 bits per heavy atom. The number of ether oxygens (including phenoxy) is 2. The van der Waals surface area contributed by atoms with Crippen LogP contribution in [0.25, 0.3) is 0 Å². The highest BCUT2D eigenvalue weighted by Crippen LogP contribution is 2.11. The lowest BCUT2D eigenvalue weighted by Crippen LogP contribution is -2.33. The highest BCUT2D eigenvalue weighted by atomic mass is 16.5. The molecule has 0 aromatic heterocycles. The summed E-state index contributed by atoms with van der Waals surface area (Å²) >= 11 is 0. The monoisotopic (exact) mass is 287 g/mol. The van der Waals surface area contributed by atoms with Gasteiger partial charge in [0, 0.05) is 19.6 Å². The van der Waals surface area contributed by atoms with Crippen LogP contribution in [0, 0.1) is 5.92 Å². The second-order valence-corrected chi connectivity index (χ2v) is 5.09. The van der Waals surface area contributed by atoms with E-state index in [1.54, 1.807) is 0 Å². The zero-order valence-corrected chi connectivity index (χ0v) is 12.1. The first kappa shape index (κ1) is 16.9. The molecular formula is C14H25NO5. The van der Waals surface area contributed by atoms with E-state index in [2.05, 4.69) is 5.32 Å². The molecule has 1 fully saturated rings. The highest BCUT2D eigenvalue weighted by molar-refractivity contribution is 5.77. The van der Waals surface area contributed by atoms with Gasteiger partial charge in [-0.05, 0) is 19.3 Å². The molecular weight excluding hydrogens is 262 g/mol. The van der Waals surface area contributed by atoms with Gasteiger partial charge < -0.3 is 19.9 Å². The molecule has 0 aliphatic carbocycles. The van der Waals surface area contributed by atoms with Gasteiger partial charge in [-0.15, -0.1) is 0 Å². The molecule has 1 heterocycles. The van der Waals surface area contributed by atoms with Crippen LogP contribution in [0.2, 0.25) is 0 Å². The van der Waals surface area contributed by atoms with Gasteiger partial charge in [0.1, 0.15) is 0 Å². The molecule has 2 atom stereocenters. The lowest BCUT2D eigenvalue weighted by atomic mass is 10.0. The summed E-state index contributed by atoms with van der Waals surface area (Å²) in [6.45, 7) is 3.78. The number of hydrogen-bond acceptors (Lipinski definition) is 4. The molecule has 0 aromatic carbocycles. The van der Waals surface area contributed by atoms with Crippen LogP contribution in [0.5, 0.6) is 0 Å². The molecule has 2 N–H and O–H groups in total. The number of aliphatic carboxylic acids is 1. The summed E-state index contributed by atoms with van der Waals surface area (Å²) in [5.74, 6) is -1.53. The minimum absolute atomic E-state index is 0.166. The van der Waals surface area contributed by atoms with Gasteiger partial charge in [0.05, 0.1) is 25.2 Å². The Balaban J connectivity index is 2.05. The van der Waals surface area contributed by atoms with E-state index >= 15 is 0 Å². The van der Waals surface area contributed by atoms with E-state index in [9.17, 15) is 9.59 Å². The van der Waals surface area contributed by atoms with Crippen LogP contribution < -0.4 is 5.32 Å². The third-order valence-corrected chi connectivity index (χ3v) is 3.33. The van der Waals surface area contributed by atoms with Crippen molar-refractivity contribution in [3.63, 3.8) is 0 Å². The second-order valence-electron chi connectivity index (χ2n) is 5.09. The molecule has 116 valence electrons. The van der Waals surface area contributed by atoms with Gasteiger partial charge in [-0.25, -0.2) is 0 Å². The predicted octanol–water partition coefficient (Wildman–Crippen LogP) is 1.19. The van der Waals surface area contributed by atoms with Crippen LogP contribution in [0.1, 0.15) is 39.0 Å². The number of carbonyl (C=O) groups excluding carboxylic acids is 1. The lowest BCUT2D eigenvalue weighted by molar-refractivity contribution is -0.142. The first-order chi connectivity index (χ1) is 9.63. The number of carbonyl (C=O) groups is 2. The summed E-state index contributed by atoms with van der Waals surface area (Å²) < 4.78 is 10.8. The summed E-state index contributed by atoms with van der Waals surface area (Å²) in [5, 5.41) is 11.6. The number of carboxylic acid groups (broad SMARTS) is 1. The van der Waals surface area contributed by atoms with Gasteiger partial charge in [0.2, 0.25) is 5.91 Å². The molecule has 2 unspecified atom stereocenters. The topological polar surface area (TPSA) is 84.9 Å². The van der Waals surface area contributed by atoms with Crippen LogP contribution in [-0.2, 0) is 19.1 Å². The van der Waals surface area contributed by atoms with Gasteiger partial charge in [0.15, 0.2) is 0 Å². The number of rotatable bonds is 10. The number of carboxylic acids is 1. The van der Waals surface area contributed by atoms with Crippen molar-refractivity contribution in [1.29, 1.82) is 0 Å². The van der Waals surface area contributed by atoms with Gasteiger partial charge in [-0.2, -0.15) is 0 Å². The Hall–Kier alpha value is -1.14. The lowest BCUT2D eigenvalue weighted by Gasteiger charge is -2.13. The minimum Gasteiger partial charge on any atom is -0.481 e. The van der Waals surface area contributed by atoms with Crippen LogP contribution in [0.3, 0.4) is 0 Å². The van der Waals surface area contributed by atoms with E-state index in [4.69, 9.17) is 14.6 Å². The van der Waals surface area contributed by atoms with E-state index in [-0.39, 0.29) is 25.0 Å². The molecule has 1 aliphatic rings. The van der Waals surface area contributed by atoms with E-state index in [0.717, 1.165) is 25.9 Å². The van der Waals surface area contributed by atoms with Crippen LogP contribution >= 0.6 is 0 Å². The van der Waals surface area contributed by atoms with Crippen LogP contribution in [-0.4, -0.2) is 49.5 Å². The van der Waals surface area contributed by atoms with E-state index in [1.165, 1.54) is 0 Å². The summed E-state index contributed by atoms with van der Waals surface area (Å²) in [6.07, 6.45) is 3.87. The minimum atomic E-state index is -0.859. The van der Waals surface area contributed by atoms with Crippen molar-refractivity contribution in [3.05, 3.63) is 0 Å². The molecule has 1 rings (SSSR count). The Kier molecular flexibility index (Phi) is 8.22. The summed E-state index contributed by atoms with van der Waals surface area (Å²) in [4.78, 5) is 22.5. The maximum atomic E-state index is 11.6. The number of nitrogens with one attached hydrogen (secondary N) is 1. The molecule has 1 saturated heterocycles. The van der Waals surface area contributed by atoms with Crippen molar-refractivity contribution in [2.24, 2.45) is 5.92 Å². The Morgan fingerprint density at radius 3 is 2.90 bits per heavy atom. The SMILES string of the molecule is CCCC(CNC(=O)CCOCC1CCCO1)C(=O)O. The molecule has 0 bridgehead atoms. The third-order valence-electron chi connectivity index (χ3n) is 3.33. The molecule has 6 nitrogen and oxygen atoms in total. The average molecular weight is 287 g/mol. The maximum Gasteiger partial charge on any atom is 0.308 e. The molecule has 1 amide bonds. The van der Waals surface area contributed by atoms with Crippen molar-refractivity contribution >= 4 is 11.9 Å². The van der Waals surface area contributed by atoms with Crippen molar-refractivity contribution in [3.8, 4) is 0 Å². The maximum absolute atomic E-state index is 11.6. The van der Waals surface area contributed by atoms with E-state index in [0.29, 0.717) is 19.6 Å². The fraction of sp³-hybridized carbons (Fsp3) is 0.857. The van der Waals surface area contributed by atoms with Gasteiger partial charge in [-0.3, -0.25) is 9.59 Å². The van der Waals surface area contributed by atoms with Gasteiger partial charge in [0.25, 0.3) is 0 Å². The molecule has 6 heteroatoms. The third kappa shape index (κ3) is 6.86. The van der Waals surface area contributed by atoms with Gasteiger partial charge in [-0.1, -0.05) is 13.3 Å². The summed E-state index contributed by atoms with van der Waals surface area (Å²) in [5.41, 5.74) is 0. The van der Waals surface area contributed by atoms with Crippen LogP contribution in [0.4, 0.5) is 0 Å². The van der Waals surface area contributed by atoms with Crippen molar-refractivity contribution in [2.75, 3.05) is 26.4 Å². The van der Waals surface area contributed by atoms with Crippen molar-refractivity contribution in [1.82, 2.24) is 5.32 Å². The molecule has 20 heavy (non-hydrogen) atoms. The Labute approximate surface area is 119 Å². The first-order valence-electron chi connectivity index (χ1n) is 7.32. The van der Waals surface area contributed by atoms with E-state index in [1.807, 2.05) is 6.92 Å². The first-order valence-corrected chi connectivity index (χ1v) is 7.32. The normalized spacial score (nSPS) is 19.8. The Bertz CT molecular complexity index is 302. The zero-order valence-electron chi connectivity index (χ0n) is 12.1. The fourth-order valence-corrected chi connectivity index (χ4v) is 2.14. The highest BCUT2D eigenvalue weighted by Gasteiger charge is 2.17. The summed E-state index contributed by atoms with van der Waals surface area (Å²) in [6, 6.07) is 0. The smallest absolute Gasteiger partial charge is 0.308 e. The van der Waals surface area contributed by atoms with Crippen molar-refractivity contribution < 1.29 is 24.2 Å². The quantitative estimate of drug-likeness (QED) is 0.590. The van der Waals surface area contributed by atoms with Gasteiger partial charge >= 0.3 is 5.97 Å². The molecule has 0 radical (unpaired) electrons. The Morgan fingerprint density at radius 2 is 2.30 bits per heavy atom. The second kappa shape index (κ2) is 9.72. The fourth-order valence-electron chi connectivity index (χ4n) is 2.14. The van der Waals surface area contributed by atoms with Crippen LogP contribution in [0.15, 0.2) is 0 Å². The van der Waals surface area contributed by atoms with Crippen molar-refractivity contribution in [2.45, 2.75) is 45.1 Å². The standard InChI is InChI=1S/C14H25NO5/c1-2-4-11(14(17)18)9-15-13(16)6-8-19-10-12-5-3-7-20-12/h11-12H,2-10H2,1H3,(H,15,16)(H,17,18). The van der Waals surface area contributed by atoms with E-state index < -0.39 is 11.9 Å². The number of hydrogen-bond donors (Lipinski definition) is 2. The summed E-state index contributed by atoms with van der Waals surface area (Å²) in [7, 11) is 0. The molecule has 0 aromatic rings.